The van der Waals surface area contributed by atoms with Gasteiger partial charge in [0.2, 0.25) is 0 Å². The van der Waals surface area contributed by atoms with Crippen molar-refractivity contribution in [3.05, 3.63) is 81.7 Å². The fourth-order valence-corrected chi connectivity index (χ4v) is 4.80. The van der Waals surface area contributed by atoms with Crippen molar-refractivity contribution in [3.8, 4) is 11.5 Å². The van der Waals surface area contributed by atoms with E-state index < -0.39 is 11.6 Å². The van der Waals surface area contributed by atoms with E-state index in [4.69, 9.17) is 9.47 Å². The number of amides is 1. The highest BCUT2D eigenvalue weighted by atomic mass is 19.1. The Hall–Kier alpha value is -3.35. The van der Waals surface area contributed by atoms with Gasteiger partial charge >= 0.3 is 0 Å². The van der Waals surface area contributed by atoms with E-state index in [9.17, 15) is 13.6 Å². The van der Waals surface area contributed by atoms with Crippen molar-refractivity contribution in [3.63, 3.8) is 0 Å². The lowest BCUT2D eigenvalue weighted by molar-refractivity contribution is 0.0944. The summed E-state index contributed by atoms with van der Waals surface area (Å²) in [5.41, 5.74) is 5.14. The van der Waals surface area contributed by atoms with Crippen LogP contribution in [-0.2, 0) is 25.8 Å². The molecule has 0 fully saturated rings. The molecule has 3 aromatic rings. The summed E-state index contributed by atoms with van der Waals surface area (Å²) in [6.45, 7) is 2.60. The number of carbonyl (C=O) groups excluding carboxylic acids is 1. The van der Waals surface area contributed by atoms with E-state index in [1.54, 1.807) is 14.2 Å². The number of aromatic nitrogens is 1. The molecule has 2 aromatic carbocycles. The summed E-state index contributed by atoms with van der Waals surface area (Å²) in [6.07, 6.45) is 4.48. The molecule has 4 rings (SSSR count). The minimum absolute atomic E-state index is 0.185. The van der Waals surface area contributed by atoms with Crippen molar-refractivity contribution < 1.29 is 23.0 Å². The summed E-state index contributed by atoms with van der Waals surface area (Å²) >= 11 is 0. The number of methoxy groups -OCH3 is 2. The number of rotatable bonds is 8. The minimum Gasteiger partial charge on any atom is -0.493 e. The van der Waals surface area contributed by atoms with Gasteiger partial charge in [-0.25, -0.2) is 8.78 Å². The van der Waals surface area contributed by atoms with E-state index in [-0.39, 0.29) is 12.5 Å². The number of hydrogen-bond acceptors (Lipinski definition) is 3. The second-order valence-electron chi connectivity index (χ2n) is 8.62. The lowest BCUT2D eigenvalue weighted by Gasteiger charge is -2.17. The number of carbonyl (C=O) groups is 1. The topological polar surface area (TPSA) is 52.5 Å². The number of fused-ring (bicyclic) bond motifs is 1. The Morgan fingerprint density at radius 1 is 1.03 bits per heavy atom. The molecular weight excluding hydrogens is 438 g/mol. The van der Waals surface area contributed by atoms with Crippen molar-refractivity contribution in [1.29, 1.82) is 0 Å². The highest BCUT2D eigenvalue weighted by Crippen LogP contribution is 2.31. The van der Waals surface area contributed by atoms with E-state index in [0.29, 0.717) is 35.7 Å². The largest absolute Gasteiger partial charge is 0.493 e. The summed E-state index contributed by atoms with van der Waals surface area (Å²) in [6, 6.07) is 9.28. The predicted octanol–water partition coefficient (Wildman–Crippen LogP) is 4.99. The van der Waals surface area contributed by atoms with Crippen molar-refractivity contribution in [2.45, 2.75) is 45.6 Å². The number of hydrogen-bond donors (Lipinski definition) is 1. The second kappa shape index (κ2) is 10.3. The molecule has 1 aliphatic carbocycles. The number of ether oxygens (including phenoxy) is 2. The van der Waals surface area contributed by atoms with Gasteiger partial charge in [0, 0.05) is 23.9 Å². The molecule has 1 amide bonds. The van der Waals surface area contributed by atoms with Gasteiger partial charge < -0.3 is 19.4 Å². The number of nitrogens with zero attached hydrogens (tertiary/aromatic N) is 1. The molecule has 1 aliphatic rings. The fourth-order valence-electron chi connectivity index (χ4n) is 4.80. The monoisotopic (exact) mass is 468 g/mol. The summed E-state index contributed by atoms with van der Waals surface area (Å²) in [4.78, 5) is 13.3. The van der Waals surface area contributed by atoms with Crippen molar-refractivity contribution >= 4 is 5.91 Å². The van der Waals surface area contributed by atoms with Crippen LogP contribution in [0.3, 0.4) is 0 Å². The third kappa shape index (κ3) is 4.79. The molecule has 1 N–H and O–H groups in total. The van der Waals surface area contributed by atoms with Gasteiger partial charge in [0.25, 0.3) is 5.91 Å². The molecule has 0 spiro atoms. The Morgan fingerprint density at radius 2 is 1.79 bits per heavy atom. The van der Waals surface area contributed by atoms with Crippen LogP contribution in [0, 0.1) is 18.6 Å². The van der Waals surface area contributed by atoms with E-state index in [1.807, 2.05) is 29.7 Å². The Labute approximate surface area is 198 Å². The van der Waals surface area contributed by atoms with Gasteiger partial charge in [-0.1, -0.05) is 12.1 Å². The van der Waals surface area contributed by atoms with Gasteiger partial charge in [-0.2, -0.15) is 0 Å². The van der Waals surface area contributed by atoms with E-state index in [2.05, 4.69) is 5.32 Å². The summed E-state index contributed by atoms with van der Waals surface area (Å²) < 4.78 is 40.4. The summed E-state index contributed by atoms with van der Waals surface area (Å²) in [5, 5.41) is 3.03. The zero-order chi connectivity index (χ0) is 24.2. The molecule has 0 atom stereocenters. The maximum absolute atomic E-state index is 14.4. The Balaban J connectivity index is 1.55. The zero-order valence-corrected chi connectivity index (χ0v) is 19.8. The van der Waals surface area contributed by atoms with Crippen LogP contribution in [0.2, 0.25) is 0 Å². The van der Waals surface area contributed by atoms with Crippen LogP contribution >= 0.6 is 0 Å². The van der Waals surface area contributed by atoms with E-state index in [1.165, 1.54) is 17.7 Å². The summed E-state index contributed by atoms with van der Waals surface area (Å²) in [5.74, 6) is -0.0990. The first kappa shape index (κ1) is 23.8. The molecule has 0 bridgehead atoms. The molecule has 34 heavy (non-hydrogen) atoms. The minimum atomic E-state index is -0.611. The van der Waals surface area contributed by atoms with Crippen molar-refractivity contribution in [2.75, 3.05) is 20.8 Å². The number of halogens is 2. The quantitative estimate of drug-likeness (QED) is 0.507. The van der Waals surface area contributed by atoms with Gasteiger partial charge in [-0.15, -0.1) is 0 Å². The van der Waals surface area contributed by atoms with Gasteiger partial charge in [-0.3, -0.25) is 4.79 Å². The van der Waals surface area contributed by atoms with Crippen LogP contribution in [0.15, 0.2) is 36.4 Å². The van der Waals surface area contributed by atoms with Gasteiger partial charge in [0.1, 0.15) is 17.3 Å². The van der Waals surface area contributed by atoms with E-state index in [0.717, 1.165) is 48.6 Å². The molecule has 0 saturated heterocycles. The van der Waals surface area contributed by atoms with Crippen LogP contribution in [-0.4, -0.2) is 31.2 Å². The summed E-state index contributed by atoms with van der Waals surface area (Å²) in [7, 11) is 3.18. The molecule has 0 saturated carbocycles. The molecule has 0 aliphatic heterocycles. The third-order valence-electron chi connectivity index (χ3n) is 6.55. The number of nitrogens with one attached hydrogen (secondary N) is 1. The molecule has 1 aromatic heterocycles. The molecular formula is C27H30F2N2O3. The highest BCUT2D eigenvalue weighted by molar-refractivity contribution is 5.95. The first-order valence-corrected chi connectivity index (χ1v) is 11.6. The van der Waals surface area contributed by atoms with Gasteiger partial charge in [0.15, 0.2) is 11.5 Å². The van der Waals surface area contributed by atoms with Crippen LogP contribution in [0.25, 0.3) is 0 Å². The number of benzene rings is 2. The Bertz CT molecular complexity index is 1200. The zero-order valence-electron chi connectivity index (χ0n) is 19.8. The first-order valence-electron chi connectivity index (χ1n) is 11.6. The fraction of sp³-hybridized carbons (Fsp3) is 0.370. The maximum Gasteiger partial charge on any atom is 0.268 e. The highest BCUT2D eigenvalue weighted by Gasteiger charge is 2.26. The average molecular weight is 469 g/mol. The van der Waals surface area contributed by atoms with Gasteiger partial charge in [0.05, 0.1) is 20.8 Å². The second-order valence-corrected chi connectivity index (χ2v) is 8.62. The smallest absolute Gasteiger partial charge is 0.268 e. The Morgan fingerprint density at radius 3 is 2.53 bits per heavy atom. The lowest BCUT2D eigenvalue weighted by Crippen LogP contribution is -2.29. The molecule has 7 heteroatoms. The molecule has 5 nitrogen and oxygen atoms in total. The predicted molar refractivity (Wildman–Crippen MR) is 127 cm³/mol. The van der Waals surface area contributed by atoms with E-state index >= 15 is 0 Å². The lowest BCUT2D eigenvalue weighted by atomic mass is 9.95. The first-order chi connectivity index (χ1) is 16.4. The Kier molecular flexibility index (Phi) is 7.20. The molecule has 1 heterocycles. The van der Waals surface area contributed by atoms with Crippen molar-refractivity contribution in [2.24, 2.45) is 0 Å². The molecule has 180 valence electrons. The van der Waals surface area contributed by atoms with Crippen LogP contribution in [0.1, 0.15) is 51.3 Å². The molecule has 0 unspecified atom stereocenters. The SMILES string of the molecule is COc1ccc(CCNC(=O)c2c(C)c3c(n2Cc2ccc(F)cc2F)CCCC3)cc1OC. The van der Waals surface area contributed by atoms with Crippen LogP contribution in [0.5, 0.6) is 11.5 Å². The normalized spacial score (nSPS) is 12.9. The third-order valence-corrected chi connectivity index (χ3v) is 6.55. The van der Waals surface area contributed by atoms with Crippen LogP contribution < -0.4 is 14.8 Å². The average Bonchev–Trinajstić information content (AvgIpc) is 3.12. The standard InChI is InChI=1S/C27H30F2N2O3/c1-17-21-6-4-5-7-23(21)31(16-19-9-10-20(28)15-22(19)29)26(17)27(32)30-13-12-18-8-11-24(33-2)25(14-18)34-3/h8-11,14-15H,4-7,12-13,16H2,1-3H3,(H,30,32). The molecule has 0 radical (unpaired) electrons. The van der Waals surface area contributed by atoms with Gasteiger partial charge in [-0.05, 0) is 73.9 Å². The maximum atomic E-state index is 14.4. The van der Waals surface area contributed by atoms with Crippen LogP contribution in [0.4, 0.5) is 8.78 Å². The van der Waals surface area contributed by atoms with Crippen molar-refractivity contribution in [1.82, 2.24) is 9.88 Å².